The van der Waals surface area contributed by atoms with Crippen LogP contribution in [-0.2, 0) is 0 Å². The van der Waals surface area contributed by atoms with Gasteiger partial charge in [0.15, 0.2) is 5.82 Å². The predicted molar refractivity (Wildman–Crippen MR) is 51.2 cm³/mol. The highest BCUT2D eigenvalue weighted by atomic mass is 16.5. The van der Waals surface area contributed by atoms with Crippen molar-refractivity contribution in [1.29, 1.82) is 0 Å². The zero-order valence-electron chi connectivity index (χ0n) is 7.57. The van der Waals surface area contributed by atoms with Crippen LogP contribution in [-0.4, -0.2) is 22.3 Å². The molecule has 2 N–H and O–H groups in total. The summed E-state index contributed by atoms with van der Waals surface area (Å²) in [5.74, 6) is 1.24. The number of benzene rings is 1. The van der Waals surface area contributed by atoms with Crippen molar-refractivity contribution in [2.45, 2.75) is 0 Å². The van der Waals surface area contributed by atoms with Crippen LogP contribution in [0.15, 0.2) is 29.1 Å². The zero-order chi connectivity index (χ0) is 9.97. The Morgan fingerprint density at radius 2 is 2.29 bits per heavy atom. The summed E-state index contributed by atoms with van der Waals surface area (Å²) < 4.78 is 5.05. The van der Waals surface area contributed by atoms with Gasteiger partial charge in [0.05, 0.1) is 7.11 Å². The Bertz CT molecular complexity index is 487. The van der Waals surface area contributed by atoms with E-state index in [4.69, 9.17) is 4.74 Å². The molecule has 1 heterocycles. The molecular formula is C9H9N3O2. The average molecular weight is 191 g/mol. The quantitative estimate of drug-likeness (QED) is 0.736. The minimum absolute atomic E-state index is 0.317. The third kappa shape index (κ3) is 1.52. The maximum Gasteiger partial charge on any atom is 0.340 e. The molecule has 0 radical (unpaired) electrons. The molecule has 0 unspecified atom stereocenters. The number of H-pyrrole nitrogens is 2. The fourth-order valence-electron chi connectivity index (χ4n) is 1.18. The molecule has 14 heavy (non-hydrogen) atoms. The molecule has 0 fully saturated rings. The van der Waals surface area contributed by atoms with Gasteiger partial charge < -0.3 is 4.74 Å². The van der Waals surface area contributed by atoms with Crippen molar-refractivity contribution in [1.82, 2.24) is 15.2 Å². The monoisotopic (exact) mass is 191 g/mol. The van der Waals surface area contributed by atoms with Crippen LogP contribution >= 0.6 is 0 Å². The molecule has 0 saturated carbocycles. The molecule has 2 rings (SSSR count). The first-order valence-electron chi connectivity index (χ1n) is 4.09. The largest absolute Gasteiger partial charge is 0.497 e. The topological polar surface area (TPSA) is 70.8 Å². The van der Waals surface area contributed by atoms with E-state index in [1.54, 1.807) is 13.2 Å². The molecular weight excluding hydrogens is 182 g/mol. The van der Waals surface area contributed by atoms with Gasteiger partial charge in [-0.05, 0) is 12.1 Å². The van der Waals surface area contributed by atoms with Crippen molar-refractivity contribution in [3.05, 3.63) is 34.7 Å². The van der Waals surface area contributed by atoms with Gasteiger partial charge in [-0.3, -0.25) is 4.98 Å². The maximum absolute atomic E-state index is 10.8. The Morgan fingerprint density at radius 1 is 1.43 bits per heavy atom. The summed E-state index contributed by atoms with van der Waals surface area (Å²) in [5.41, 5.74) is 0.491. The lowest BCUT2D eigenvalue weighted by atomic mass is 10.2. The summed E-state index contributed by atoms with van der Waals surface area (Å²) in [6, 6.07) is 7.30. The van der Waals surface area contributed by atoms with E-state index in [1.807, 2.05) is 18.2 Å². The Balaban J connectivity index is 2.46. The van der Waals surface area contributed by atoms with Gasteiger partial charge >= 0.3 is 5.69 Å². The summed E-state index contributed by atoms with van der Waals surface area (Å²) in [7, 11) is 1.59. The molecule has 1 aromatic carbocycles. The number of aromatic amines is 2. The Labute approximate surface area is 79.7 Å². The minimum atomic E-state index is -0.317. The SMILES string of the molecule is COc1cccc(-c2n[nH]c(=O)[nH]2)c1. The second kappa shape index (κ2) is 3.37. The molecule has 0 aliphatic heterocycles. The lowest BCUT2D eigenvalue weighted by molar-refractivity contribution is 0.415. The normalized spacial score (nSPS) is 10.1. The van der Waals surface area contributed by atoms with Gasteiger partial charge in [0.25, 0.3) is 0 Å². The number of hydrogen-bond donors (Lipinski definition) is 2. The van der Waals surface area contributed by atoms with Crippen LogP contribution in [0.2, 0.25) is 0 Å². The number of ether oxygens (including phenoxy) is 1. The molecule has 0 aliphatic carbocycles. The molecule has 0 atom stereocenters. The van der Waals surface area contributed by atoms with Gasteiger partial charge in [0.2, 0.25) is 0 Å². The number of nitrogens with zero attached hydrogens (tertiary/aromatic N) is 1. The summed E-state index contributed by atoms with van der Waals surface area (Å²) >= 11 is 0. The van der Waals surface area contributed by atoms with Crippen LogP contribution in [0.5, 0.6) is 5.75 Å². The lowest BCUT2D eigenvalue weighted by Gasteiger charge is -2.00. The first-order valence-corrected chi connectivity index (χ1v) is 4.09. The van der Waals surface area contributed by atoms with Crippen LogP contribution in [0, 0.1) is 0 Å². The first kappa shape index (κ1) is 8.55. The fourth-order valence-corrected chi connectivity index (χ4v) is 1.18. The van der Waals surface area contributed by atoms with E-state index in [-0.39, 0.29) is 5.69 Å². The molecule has 0 amide bonds. The molecule has 1 aromatic heterocycles. The number of aromatic nitrogens is 3. The predicted octanol–water partition coefficient (Wildman–Crippen LogP) is 0.774. The van der Waals surface area contributed by atoms with Crippen LogP contribution in [0.4, 0.5) is 0 Å². The van der Waals surface area contributed by atoms with Gasteiger partial charge in [0.1, 0.15) is 5.75 Å². The Kier molecular flexibility index (Phi) is 2.06. The summed E-state index contributed by atoms with van der Waals surface area (Å²) in [6.45, 7) is 0. The molecule has 0 bridgehead atoms. The maximum atomic E-state index is 10.8. The molecule has 0 aliphatic rings. The van der Waals surface area contributed by atoms with Crippen LogP contribution in [0.1, 0.15) is 0 Å². The highest BCUT2D eigenvalue weighted by molar-refractivity contribution is 5.56. The average Bonchev–Trinajstić information content (AvgIpc) is 2.65. The van der Waals surface area contributed by atoms with E-state index >= 15 is 0 Å². The second-order valence-corrected chi connectivity index (χ2v) is 2.76. The van der Waals surface area contributed by atoms with Gasteiger partial charge in [-0.1, -0.05) is 12.1 Å². The van der Waals surface area contributed by atoms with Crippen molar-refractivity contribution < 1.29 is 4.74 Å². The first-order chi connectivity index (χ1) is 6.79. The van der Waals surface area contributed by atoms with Crippen molar-refractivity contribution in [2.24, 2.45) is 0 Å². The number of methoxy groups -OCH3 is 1. The van der Waals surface area contributed by atoms with E-state index in [0.29, 0.717) is 5.82 Å². The highest BCUT2D eigenvalue weighted by Gasteiger charge is 2.02. The molecule has 0 saturated heterocycles. The summed E-state index contributed by atoms with van der Waals surface area (Å²) in [5, 5.41) is 6.12. The van der Waals surface area contributed by atoms with E-state index in [1.165, 1.54) is 0 Å². The number of rotatable bonds is 2. The molecule has 5 nitrogen and oxygen atoms in total. The van der Waals surface area contributed by atoms with E-state index in [9.17, 15) is 4.79 Å². The molecule has 5 heteroatoms. The van der Waals surface area contributed by atoms with Gasteiger partial charge in [-0.2, -0.15) is 5.10 Å². The van der Waals surface area contributed by atoms with E-state index in [0.717, 1.165) is 11.3 Å². The third-order valence-corrected chi connectivity index (χ3v) is 1.84. The van der Waals surface area contributed by atoms with Gasteiger partial charge in [-0.15, -0.1) is 0 Å². The van der Waals surface area contributed by atoms with E-state index < -0.39 is 0 Å². The molecule has 2 aromatic rings. The van der Waals surface area contributed by atoms with E-state index in [2.05, 4.69) is 15.2 Å². The highest BCUT2D eigenvalue weighted by Crippen LogP contribution is 2.18. The van der Waals surface area contributed by atoms with Crippen molar-refractivity contribution in [2.75, 3.05) is 7.11 Å². The summed E-state index contributed by atoms with van der Waals surface area (Å²) in [4.78, 5) is 13.4. The van der Waals surface area contributed by atoms with Crippen LogP contribution in [0.25, 0.3) is 11.4 Å². The Morgan fingerprint density at radius 3 is 2.93 bits per heavy atom. The second-order valence-electron chi connectivity index (χ2n) is 2.76. The smallest absolute Gasteiger partial charge is 0.340 e. The zero-order valence-corrected chi connectivity index (χ0v) is 7.57. The van der Waals surface area contributed by atoms with Gasteiger partial charge in [0, 0.05) is 5.56 Å². The number of nitrogens with one attached hydrogen (secondary N) is 2. The standard InChI is InChI=1S/C9H9N3O2/c1-14-7-4-2-3-6(5-7)8-10-9(13)12-11-8/h2-5H,1H3,(H2,10,11,12,13). The fraction of sp³-hybridized carbons (Fsp3) is 0.111. The molecule has 72 valence electrons. The van der Waals surface area contributed by atoms with Crippen LogP contribution in [0.3, 0.4) is 0 Å². The lowest BCUT2D eigenvalue weighted by Crippen LogP contribution is -2.00. The van der Waals surface area contributed by atoms with Gasteiger partial charge in [-0.25, -0.2) is 9.89 Å². The van der Waals surface area contributed by atoms with Crippen molar-refractivity contribution in [3.8, 4) is 17.1 Å². The number of hydrogen-bond acceptors (Lipinski definition) is 3. The minimum Gasteiger partial charge on any atom is -0.497 e. The molecule has 0 spiro atoms. The summed E-state index contributed by atoms with van der Waals surface area (Å²) in [6.07, 6.45) is 0. The van der Waals surface area contributed by atoms with Crippen molar-refractivity contribution >= 4 is 0 Å². The Hall–Kier alpha value is -2.04. The third-order valence-electron chi connectivity index (χ3n) is 1.84. The van der Waals surface area contributed by atoms with Crippen LogP contribution < -0.4 is 10.4 Å². The van der Waals surface area contributed by atoms with Crippen molar-refractivity contribution in [3.63, 3.8) is 0 Å².